The van der Waals surface area contributed by atoms with E-state index in [2.05, 4.69) is 66.8 Å². The number of nitrogens with zero attached hydrogens (tertiary/aromatic N) is 5. The highest BCUT2D eigenvalue weighted by Crippen LogP contribution is 2.34. The van der Waals surface area contributed by atoms with E-state index in [1.54, 1.807) is 4.90 Å². The lowest BCUT2D eigenvalue weighted by Gasteiger charge is -2.34. The van der Waals surface area contributed by atoms with Gasteiger partial charge in [0.25, 0.3) is 5.91 Å². The molecule has 1 unspecified atom stereocenters. The van der Waals surface area contributed by atoms with Crippen LogP contribution in [0.4, 0.5) is 11.6 Å². The number of carbonyl (C=O) groups excluding carboxylic acids is 3. The lowest BCUT2D eigenvalue weighted by Crippen LogP contribution is -2.52. The van der Waals surface area contributed by atoms with Crippen molar-refractivity contribution in [3.05, 3.63) is 82.7 Å². The number of likely N-dealkylation sites (tertiary alicyclic amines) is 1. The van der Waals surface area contributed by atoms with Crippen LogP contribution < -0.4 is 15.5 Å². The molecule has 3 aromatic rings. The molecule has 0 spiro atoms. The van der Waals surface area contributed by atoms with Crippen LogP contribution in [0.3, 0.4) is 0 Å². The Balaban J connectivity index is 0.881. The molecule has 7 rings (SSSR count). The van der Waals surface area contributed by atoms with E-state index >= 15 is 0 Å². The Morgan fingerprint density at radius 3 is 2.33 bits per heavy atom. The van der Waals surface area contributed by atoms with Crippen LogP contribution in [0.5, 0.6) is 0 Å². The highest BCUT2D eigenvalue weighted by Gasteiger charge is 2.39. The van der Waals surface area contributed by atoms with Crippen LogP contribution in [0.2, 0.25) is 0 Å². The minimum atomic E-state index is -0.571. The second-order valence-corrected chi connectivity index (χ2v) is 13.0. The van der Waals surface area contributed by atoms with Crippen molar-refractivity contribution in [3.8, 4) is 0 Å². The Bertz CT molecular complexity index is 1560. The number of anilines is 2. The van der Waals surface area contributed by atoms with Gasteiger partial charge >= 0.3 is 0 Å². The third kappa shape index (κ3) is 6.42. The van der Waals surface area contributed by atoms with Crippen molar-refractivity contribution in [3.63, 3.8) is 0 Å². The van der Waals surface area contributed by atoms with Gasteiger partial charge in [-0.15, -0.1) is 0 Å². The maximum absolute atomic E-state index is 13.1. The number of imide groups is 1. The van der Waals surface area contributed by atoms with Crippen LogP contribution in [-0.2, 0) is 22.7 Å². The first-order chi connectivity index (χ1) is 21.9. The number of carbonyl (C=O) groups is 3. The Labute approximate surface area is 264 Å². The Hall–Kier alpha value is -4.31. The molecule has 4 aliphatic rings. The molecule has 3 saturated heterocycles. The largest absolute Gasteiger partial charge is 0.371 e. The fourth-order valence-electron chi connectivity index (χ4n) is 7.27. The van der Waals surface area contributed by atoms with Gasteiger partial charge in [-0.3, -0.25) is 24.6 Å². The molecule has 3 fully saturated rings. The number of fused-ring (bicyclic) bond motifs is 1. The van der Waals surface area contributed by atoms with Crippen LogP contribution in [0.15, 0.2) is 54.9 Å². The van der Waals surface area contributed by atoms with E-state index in [-0.39, 0.29) is 24.1 Å². The number of rotatable bonds is 7. The van der Waals surface area contributed by atoms with Crippen molar-refractivity contribution in [2.45, 2.75) is 76.5 Å². The molecule has 10 nitrogen and oxygen atoms in total. The summed E-state index contributed by atoms with van der Waals surface area (Å²) in [7, 11) is 0. The van der Waals surface area contributed by atoms with Gasteiger partial charge in [0.2, 0.25) is 17.8 Å². The van der Waals surface area contributed by atoms with Crippen LogP contribution in [0.25, 0.3) is 0 Å². The molecule has 0 aliphatic carbocycles. The topological polar surface area (TPSA) is 111 Å². The second kappa shape index (κ2) is 12.6. The van der Waals surface area contributed by atoms with E-state index in [9.17, 15) is 14.4 Å². The molecule has 1 aromatic heterocycles. The summed E-state index contributed by atoms with van der Waals surface area (Å²) in [6.07, 6.45) is 8.66. The summed E-state index contributed by atoms with van der Waals surface area (Å²) >= 11 is 0. The first-order valence-corrected chi connectivity index (χ1v) is 16.3. The molecular weight excluding hydrogens is 566 g/mol. The Morgan fingerprint density at radius 1 is 0.889 bits per heavy atom. The van der Waals surface area contributed by atoms with Gasteiger partial charge in [0, 0.05) is 62.3 Å². The lowest BCUT2D eigenvalue weighted by atomic mass is 9.87. The summed E-state index contributed by atoms with van der Waals surface area (Å²) in [5.41, 5.74) is 6.65. The number of piperidine rings is 3. The highest BCUT2D eigenvalue weighted by atomic mass is 16.2. The number of aryl methyl sites for hydroxylation is 1. The van der Waals surface area contributed by atoms with E-state index in [1.165, 1.54) is 16.8 Å². The molecule has 0 bridgehead atoms. The average molecular weight is 608 g/mol. The second-order valence-electron chi connectivity index (χ2n) is 13.0. The SMILES string of the molecule is Cc1cnc(NC2CCN(c3ccc(CN4CCC(c5ccc6c(c5)CN(C5CCC(=O)NC5=O)C6=O)CC4)cc3)CC2)nc1. The molecular formula is C35H41N7O3. The third-order valence-electron chi connectivity index (χ3n) is 9.92. The first-order valence-electron chi connectivity index (χ1n) is 16.3. The first kappa shape index (κ1) is 29.4. The van der Waals surface area contributed by atoms with Crippen LogP contribution in [0.1, 0.15) is 77.1 Å². The molecule has 0 radical (unpaired) electrons. The number of benzene rings is 2. The molecule has 2 aromatic carbocycles. The summed E-state index contributed by atoms with van der Waals surface area (Å²) in [5.74, 6) is 0.443. The molecule has 3 amide bonds. The van der Waals surface area contributed by atoms with Crippen molar-refractivity contribution in [1.29, 1.82) is 0 Å². The van der Waals surface area contributed by atoms with Gasteiger partial charge < -0.3 is 15.1 Å². The van der Waals surface area contributed by atoms with Gasteiger partial charge in [0.1, 0.15) is 6.04 Å². The monoisotopic (exact) mass is 607 g/mol. The lowest BCUT2D eigenvalue weighted by molar-refractivity contribution is -0.136. The van der Waals surface area contributed by atoms with Crippen molar-refractivity contribution in [2.24, 2.45) is 0 Å². The van der Waals surface area contributed by atoms with Gasteiger partial charge in [-0.25, -0.2) is 9.97 Å². The summed E-state index contributed by atoms with van der Waals surface area (Å²) in [5, 5.41) is 5.87. The zero-order valence-electron chi connectivity index (χ0n) is 25.9. The smallest absolute Gasteiger partial charge is 0.255 e. The van der Waals surface area contributed by atoms with Gasteiger partial charge in [-0.2, -0.15) is 0 Å². The van der Waals surface area contributed by atoms with E-state index in [0.29, 0.717) is 30.5 Å². The van der Waals surface area contributed by atoms with Gasteiger partial charge in [0.15, 0.2) is 0 Å². The van der Waals surface area contributed by atoms with Gasteiger partial charge in [-0.1, -0.05) is 24.3 Å². The average Bonchev–Trinajstić information content (AvgIpc) is 3.38. The summed E-state index contributed by atoms with van der Waals surface area (Å²) in [6, 6.07) is 15.1. The van der Waals surface area contributed by atoms with E-state index in [4.69, 9.17) is 0 Å². The number of hydrogen-bond acceptors (Lipinski definition) is 8. The van der Waals surface area contributed by atoms with Gasteiger partial charge in [-0.05, 0) is 98.5 Å². The van der Waals surface area contributed by atoms with E-state index < -0.39 is 6.04 Å². The summed E-state index contributed by atoms with van der Waals surface area (Å²) in [6.45, 7) is 7.49. The molecule has 2 N–H and O–H groups in total. The number of hydrogen-bond donors (Lipinski definition) is 2. The summed E-state index contributed by atoms with van der Waals surface area (Å²) < 4.78 is 0. The summed E-state index contributed by atoms with van der Waals surface area (Å²) in [4.78, 5) is 52.4. The fourth-order valence-corrected chi connectivity index (χ4v) is 7.27. The molecule has 45 heavy (non-hydrogen) atoms. The number of amides is 3. The minimum absolute atomic E-state index is 0.110. The predicted molar refractivity (Wildman–Crippen MR) is 172 cm³/mol. The zero-order valence-corrected chi connectivity index (χ0v) is 25.9. The van der Waals surface area contributed by atoms with Crippen molar-refractivity contribution in [1.82, 2.24) is 25.1 Å². The quantitative estimate of drug-likeness (QED) is 0.388. The van der Waals surface area contributed by atoms with Crippen LogP contribution in [0, 0.1) is 6.92 Å². The molecule has 234 valence electrons. The minimum Gasteiger partial charge on any atom is -0.371 e. The predicted octanol–water partition coefficient (Wildman–Crippen LogP) is 4.01. The molecule has 10 heteroatoms. The fraction of sp³-hybridized carbons (Fsp3) is 0.457. The van der Waals surface area contributed by atoms with E-state index in [0.717, 1.165) is 75.5 Å². The van der Waals surface area contributed by atoms with Crippen molar-refractivity contribution < 1.29 is 14.4 Å². The molecule has 1 atom stereocenters. The normalized spacial score (nSPS) is 21.6. The molecule has 0 saturated carbocycles. The van der Waals surface area contributed by atoms with Crippen molar-refractivity contribution in [2.75, 3.05) is 36.4 Å². The molecule has 5 heterocycles. The van der Waals surface area contributed by atoms with Crippen LogP contribution in [-0.4, -0.2) is 75.8 Å². The van der Waals surface area contributed by atoms with Crippen LogP contribution >= 0.6 is 0 Å². The Morgan fingerprint density at radius 2 is 1.62 bits per heavy atom. The third-order valence-corrected chi connectivity index (χ3v) is 9.92. The zero-order chi connectivity index (χ0) is 30.9. The van der Waals surface area contributed by atoms with E-state index in [1.807, 2.05) is 25.4 Å². The maximum Gasteiger partial charge on any atom is 0.255 e. The maximum atomic E-state index is 13.1. The molecule has 4 aliphatic heterocycles. The highest BCUT2D eigenvalue weighted by molar-refractivity contribution is 6.05. The standard InChI is InChI=1S/C35H41N7O3/c1-23-19-36-35(37-20-23)38-28-12-16-41(17-13-28)29-5-2-24(3-6-29)21-40-14-10-25(11-15-40)26-4-7-30-27(18-26)22-42(34(30)45)31-8-9-32(43)39-33(31)44/h2-7,18-20,25,28,31H,8-17,21-22H2,1H3,(H,36,37,38)(H,39,43,44). The Kier molecular flexibility index (Phi) is 8.23. The number of nitrogens with one attached hydrogen (secondary N) is 2. The van der Waals surface area contributed by atoms with Gasteiger partial charge in [0.05, 0.1) is 0 Å². The number of aromatic nitrogens is 2. The van der Waals surface area contributed by atoms with Crippen molar-refractivity contribution >= 4 is 29.4 Å².